The molecule has 0 aromatic rings. The third-order valence-electron chi connectivity index (χ3n) is 17.2. The van der Waals surface area contributed by atoms with Gasteiger partial charge in [0, 0.05) is 21.3 Å². The second-order valence-electron chi connectivity index (χ2n) is 23.0. The fraction of sp³-hybridized carbons (Fsp3) is 1.00. The molecule has 0 spiro atoms. The summed E-state index contributed by atoms with van der Waals surface area (Å²) in [4.78, 5) is 0. The van der Waals surface area contributed by atoms with Crippen LogP contribution < -0.4 is 0 Å². The maximum Gasteiger partial charge on any atom is 0.189 e. The van der Waals surface area contributed by atoms with Crippen LogP contribution in [0.2, 0.25) is 0 Å². The lowest BCUT2D eigenvalue weighted by Gasteiger charge is -2.50. The highest BCUT2D eigenvalue weighted by atomic mass is 16.8. The Kier molecular flexibility index (Phi) is 26.0. The van der Waals surface area contributed by atoms with Gasteiger partial charge in [0.05, 0.1) is 51.3 Å². The summed E-state index contributed by atoms with van der Waals surface area (Å²) in [7, 11) is 3.66. The largest absolute Gasteiger partial charge is 0.394 e. The number of hydrogen-bond acceptors (Lipinski definition) is 38. The van der Waals surface area contributed by atoms with Gasteiger partial charge in [0.1, 0.15) is 177 Å². The Morgan fingerprint density at radius 3 is 0.921 bits per heavy atom. The van der Waals surface area contributed by atoms with E-state index >= 15 is 0 Å². The maximum atomic E-state index is 11.9. The van der Waals surface area contributed by atoms with E-state index < -0.39 is 279 Å². The van der Waals surface area contributed by atoms with Crippen molar-refractivity contribution in [3.63, 3.8) is 0 Å². The molecule has 40 atom stereocenters. The Morgan fingerprint density at radius 2 is 0.517 bits per heavy atom. The van der Waals surface area contributed by atoms with E-state index in [0.29, 0.717) is 0 Å². The van der Waals surface area contributed by atoms with Crippen LogP contribution in [0.5, 0.6) is 0 Å². The molecular formula is C51H88O38. The van der Waals surface area contributed by atoms with Crippen molar-refractivity contribution in [1.82, 2.24) is 0 Å². The van der Waals surface area contributed by atoms with Crippen LogP contribution in [0.3, 0.4) is 0 Å². The predicted octanol–water partition coefficient (Wildman–Crippen LogP) is -13.4. The Hall–Kier alpha value is -1.52. The first kappa shape index (κ1) is 73.3. The average Bonchev–Trinajstić information content (AvgIpc) is 0.882. The summed E-state index contributed by atoms with van der Waals surface area (Å²) in [6.07, 6.45) is -71.7. The Morgan fingerprint density at radius 1 is 0.236 bits per heavy atom. The lowest BCUT2D eigenvalue weighted by molar-refractivity contribution is -0.404. The lowest BCUT2D eigenvalue weighted by atomic mass is 9.95. The molecule has 89 heavy (non-hydrogen) atoms. The van der Waals surface area contributed by atoms with E-state index in [-0.39, 0.29) is 0 Å². The van der Waals surface area contributed by atoms with Gasteiger partial charge >= 0.3 is 0 Å². The molecule has 520 valence electrons. The van der Waals surface area contributed by atoms with Gasteiger partial charge in [0.25, 0.3) is 0 Å². The molecule has 0 amide bonds. The van der Waals surface area contributed by atoms with Crippen molar-refractivity contribution in [2.24, 2.45) is 0 Å². The predicted molar refractivity (Wildman–Crippen MR) is 275 cm³/mol. The van der Waals surface area contributed by atoms with Crippen LogP contribution in [0.1, 0.15) is 20.8 Å². The molecule has 0 aromatic heterocycles. The molecule has 0 radical (unpaired) electrons. The average molecular weight is 1310 g/mol. The van der Waals surface area contributed by atoms with Crippen LogP contribution in [0, 0.1) is 0 Å². The van der Waals surface area contributed by atoms with E-state index in [1.165, 1.54) is 35.0 Å². The van der Waals surface area contributed by atoms with E-state index in [2.05, 4.69) is 0 Å². The smallest absolute Gasteiger partial charge is 0.189 e. The highest BCUT2D eigenvalue weighted by Gasteiger charge is 2.59. The Balaban J connectivity index is 0.965. The van der Waals surface area contributed by atoms with Crippen LogP contribution in [0.25, 0.3) is 0 Å². The number of aliphatic hydroxyl groups excluding tert-OH is 20. The Bertz CT molecular complexity index is 2130. The SMILES string of the molecule is COC[C@H]1O[C@H](O[C@H]2O[C@H](CO)[C@@H](O)[C@H](O)[C@H]2O)[C@H](O)[C@@H](O[C@@H]2O[C@@H](C)[C@H](O)[C@@H](O[C@@H]3O[C@H](CO)[C@@H](O)[C@H](O[C@@H]4O[C@H](CO)[C@@H](O)[C@H](O[C@@H]5O[C@@H](C)[C@H](O)[C@@H](O[C@@H]6O[C@@H](CO)[C@H](O)[C@@H](OC)[C@H]6O[C@@H]6O[C@@H](C)[C@H](OC)[C@@H](O)[C@H]6O)[C@H]5O)[C@H]4O)[C@H]3O)[C@H]2O)[C@@H]1O. The van der Waals surface area contributed by atoms with Crippen LogP contribution in [0.15, 0.2) is 0 Å². The summed E-state index contributed by atoms with van der Waals surface area (Å²) in [6, 6.07) is 0. The van der Waals surface area contributed by atoms with E-state index in [1.807, 2.05) is 0 Å². The number of rotatable bonds is 22. The lowest BCUT2D eigenvalue weighted by Crippen LogP contribution is -2.68. The summed E-state index contributed by atoms with van der Waals surface area (Å²) in [5.41, 5.74) is 0. The van der Waals surface area contributed by atoms with E-state index in [1.54, 1.807) is 0 Å². The topological polar surface area (TPSA) is 571 Å². The molecule has 0 bridgehead atoms. The first-order valence-electron chi connectivity index (χ1n) is 28.9. The molecule has 8 saturated heterocycles. The summed E-state index contributed by atoms with van der Waals surface area (Å²) in [5.74, 6) is 0. The van der Waals surface area contributed by atoms with Gasteiger partial charge in [-0.3, -0.25) is 0 Å². The third kappa shape index (κ3) is 15.2. The van der Waals surface area contributed by atoms with Gasteiger partial charge in [-0.25, -0.2) is 0 Å². The highest BCUT2D eigenvalue weighted by molar-refractivity contribution is 5.01. The van der Waals surface area contributed by atoms with Crippen LogP contribution >= 0.6 is 0 Å². The van der Waals surface area contributed by atoms with Gasteiger partial charge in [-0.05, 0) is 20.8 Å². The molecule has 0 unspecified atom stereocenters. The minimum Gasteiger partial charge on any atom is -0.394 e. The van der Waals surface area contributed by atoms with Crippen LogP contribution in [-0.4, -0.2) is 402 Å². The summed E-state index contributed by atoms with van der Waals surface area (Å²) >= 11 is 0. The second kappa shape index (κ2) is 31.6. The number of methoxy groups -OCH3 is 3. The van der Waals surface area contributed by atoms with Crippen LogP contribution in [-0.2, 0) is 85.3 Å². The van der Waals surface area contributed by atoms with E-state index in [0.717, 1.165) is 7.11 Å². The molecule has 8 heterocycles. The van der Waals surface area contributed by atoms with Gasteiger partial charge in [-0.15, -0.1) is 0 Å². The zero-order chi connectivity index (χ0) is 65.4. The van der Waals surface area contributed by atoms with E-state index in [9.17, 15) is 102 Å². The molecule has 38 nitrogen and oxygen atoms in total. The quantitative estimate of drug-likeness (QED) is 0.0479. The fourth-order valence-electron chi connectivity index (χ4n) is 11.9. The van der Waals surface area contributed by atoms with Crippen molar-refractivity contribution in [3.05, 3.63) is 0 Å². The Labute approximate surface area is 507 Å². The van der Waals surface area contributed by atoms with Crippen molar-refractivity contribution in [3.8, 4) is 0 Å². The molecule has 0 saturated carbocycles. The monoisotopic (exact) mass is 1310 g/mol. The van der Waals surface area contributed by atoms with Crippen molar-refractivity contribution >= 4 is 0 Å². The first-order valence-corrected chi connectivity index (χ1v) is 28.9. The van der Waals surface area contributed by atoms with Gasteiger partial charge < -0.3 is 187 Å². The van der Waals surface area contributed by atoms with Gasteiger partial charge in [0.2, 0.25) is 0 Å². The van der Waals surface area contributed by atoms with E-state index in [4.69, 9.17) is 85.3 Å². The fourth-order valence-corrected chi connectivity index (χ4v) is 11.9. The van der Waals surface area contributed by atoms with Gasteiger partial charge in [0.15, 0.2) is 50.3 Å². The van der Waals surface area contributed by atoms with Crippen molar-refractivity contribution < 1.29 is 187 Å². The minimum absolute atomic E-state index is 0.396. The maximum absolute atomic E-state index is 11.9. The molecule has 0 aliphatic carbocycles. The minimum atomic E-state index is -2.25. The number of ether oxygens (including phenoxy) is 18. The molecule has 0 aromatic carbocycles. The van der Waals surface area contributed by atoms with Crippen molar-refractivity contribution in [2.75, 3.05) is 54.4 Å². The number of hydrogen-bond donors (Lipinski definition) is 20. The number of aliphatic hydroxyl groups is 20. The highest BCUT2D eigenvalue weighted by Crippen LogP contribution is 2.39. The summed E-state index contributed by atoms with van der Waals surface area (Å²) in [6.45, 7) is -0.0454. The molecule has 8 aliphatic heterocycles. The molecule has 8 aliphatic rings. The summed E-state index contributed by atoms with van der Waals surface area (Å²) in [5, 5.41) is 221. The zero-order valence-corrected chi connectivity index (χ0v) is 48.9. The zero-order valence-electron chi connectivity index (χ0n) is 48.9. The molecule has 38 heteroatoms. The standard InChI is InChI=1S/C51H88O38/c1-12-20(56)37(31(67)46(75-12)85-41-26(62)19(11-72-4)82-50(35(41)71)89-45-29(65)27(63)22(58)15(7-52)78-45)83-48-34(70)40(24(60)17(9-54)79-48)86-49-33(69)39(23(59)16(8-53)80-49)84-47-32(68)38(21(57)13(2)76-47)87-51-43(42(74-6)25(61)18(10-55)81-51)88-44-30(66)28(64)36(73-5)14(3)77-44/h12-71H,7-11H2,1-6H3/t12-,13-,14-,15+,16+,17+,18-,19+,20-,21-,22+,23+,24+,25-,26+,27-,28-,29+,30+,31+,32+,33+,34+,35+,36-,37+,38+,39-,40-,41-,42+,43+,44-,45+,46-,47-,48-,49-,50+,51-/m0/s1. The first-order chi connectivity index (χ1) is 42.2. The van der Waals surface area contributed by atoms with Gasteiger partial charge in [-0.2, -0.15) is 0 Å². The third-order valence-corrected chi connectivity index (χ3v) is 17.2. The second-order valence-corrected chi connectivity index (χ2v) is 23.0. The van der Waals surface area contributed by atoms with Crippen LogP contribution in [0.4, 0.5) is 0 Å². The normalized spacial score (nSPS) is 53.6. The molecule has 20 N–H and O–H groups in total. The molecule has 8 rings (SSSR count). The van der Waals surface area contributed by atoms with Crippen molar-refractivity contribution in [2.45, 2.75) is 266 Å². The van der Waals surface area contributed by atoms with Crippen molar-refractivity contribution in [1.29, 1.82) is 0 Å². The molecular weight excluding hydrogens is 1220 g/mol. The molecule has 8 fully saturated rings. The van der Waals surface area contributed by atoms with Gasteiger partial charge in [-0.1, -0.05) is 0 Å². The summed E-state index contributed by atoms with van der Waals surface area (Å²) < 4.78 is 103.